The average molecular weight is 274 g/mol. The Kier molecular flexibility index (Phi) is 3.79. The lowest BCUT2D eigenvalue weighted by Crippen LogP contribution is -1.97. The first kappa shape index (κ1) is 13.9. The van der Waals surface area contributed by atoms with Gasteiger partial charge in [-0.2, -0.15) is 0 Å². The van der Waals surface area contributed by atoms with Crippen molar-refractivity contribution in [1.29, 1.82) is 0 Å². The number of allylic oxidation sites excluding steroid dienone is 15. The molecule has 0 amide bonds. The van der Waals surface area contributed by atoms with Gasteiger partial charge in [0.2, 0.25) is 0 Å². The van der Waals surface area contributed by atoms with Gasteiger partial charge < -0.3 is 0 Å². The van der Waals surface area contributed by atoms with Crippen LogP contribution in [0.3, 0.4) is 0 Å². The molecule has 3 rings (SSSR count). The largest absolute Gasteiger partial charge is 0.0984 e. The van der Waals surface area contributed by atoms with Crippen molar-refractivity contribution in [2.45, 2.75) is 26.7 Å². The highest BCUT2D eigenvalue weighted by Crippen LogP contribution is 2.45. The number of hydrogen-bond acceptors (Lipinski definition) is 0. The van der Waals surface area contributed by atoms with E-state index in [1.54, 1.807) is 0 Å². The molecule has 0 N–H and O–H groups in total. The molecule has 3 aliphatic rings. The molecule has 0 saturated carbocycles. The monoisotopic (exact) mass is 274 g/mol. The van der Waals surface area contributed by atoms with Crippen LogP contribution in [0.5, 0.6) is 0 Å². The van der Waals surface area contributed by atoms with E-state index < -0.39 is 0 Å². The summed E-state index contributed by atoms with van der Waals surface area (Å²) in [6.07, 6.45) is 22.3. The summed E-state index contributed by atoms with van der Waals surface area (Å²) in [5.41, 5.74) is 8.16. The Morgan fingerprint density at radius 2 is 2.14 bits per heavy atom. The zero-order valence-electron chi connectivity index (χ0n) is 12.9. The standard InChI is InChI=1S/C21H22/c1-4-9-18-17(5-2)19-11-8-6-7-10-16-14-15(3)12-13-20(18)21(16)19/h4-6,8-9,11-15H,2,7,10H2,1,3H3/b8-6-,9-4-,19-11-. The molecule has 0 aromatic rings. The molecule has 0 fully saturated rings. The van der Waals surface area contributed by atoms with Crippen LogP contribution < -0.4 is 0 Å². The Hall–Kier alpha value is -2.08. The van der Waals surface area contributed by atoms with Crippen LogP contribution in [0.15, 0.2) is 94.7 Å². The van der Waals surface area contributed by atoms with Crippen LogP contribution >= 0.6 is 0 Å². The highest BCUT2D eigenvalue weighted by Gasteiger charge is 2.28. The highest BCUT2D eigenvalue weighted by molar-refractivity contribution is 5.78. The minimum absolute atomic E-state index is 0.495. The van der Waals surface area contributed by atoms with E-state index in [0.29, 0.717) is 5.92 Å². The van der Waals surface area contributed by atoms with Gasteiger partial charge in [-0.25, -0.2) is 0 Å². The predicted octanol–water partition coefficient (Wildman–Crippen LogP) is 5.76. The molecule has 0 saturated heterocycles. The Morgan fingerprint density at radius 3 is 2.90 bits per heavy atom. The summed E-state index contributed by atoms with van der Waals surface area (Å²) in [6, 6.07) is 0. The van der Waals surface area contributed by atoms with E-state index in [4.69, 9.17) is 0 Å². The maximum absolute atomic E-state index is 4.05. The maximum atomic E-state index is 4.05. The van der Waals surface area contributed by atoms with Crippen molar-refractivity contribution < 1.29 is 0 Å². The van der Waals surface area contributed by atoms with E-state index in [9.17, 15) is 0 Å². The van der Waals surface area contributed by atoms with Gasteiger partial charge in [0.05, 0.1) is 0 Å². The van der Waals surface area contributed by atoms with Crippen LogP contribution in [-0.2, 0) is 0 Å². The maximum Gasteiger partial charge on any atom is -0.00698 e. The van der Waals surface area contributed by atoms with E-state index in [2.05, 4.69) is 69.0 Å². The molecular weight excluding hydrogens is 252 g/mol. The van der Waals surface area contributed by atoms with E-state index in [0.717, 1.165) is 12.8 Å². The van der Waals surface area contributed by atoms with Crippen LogP contribution in [0.2, 0.25) is 0 Å². The first-order valence-electron chi connectivity index (χ1n) is 7.77. The SMILES string of the molecule is C=CC1=C(/C=C\C)C2=C3C(=CC(C)C=C2)CC/C=C\C=C1/3. The van der Waals surface area contributed by atoms with Crippen LogP contribution in [0.1, 0.15) is 26.7 Å². The second-order valence-corrected chi connectivity index (χ2v) is 5.78. The summed E-state index contributed by atoms with van der Waals surface area (Å²) in [7, 11) is 0. The van der Waals surface area contributed by atoms with E-state index >= 15 is 0 Å². The molecule has 0 aromatic carbocycles. The van der Waals surface area contributed by atoms with Crippen molar-refractivity contribution in [1.82, 2.24) is 0 Å². The molecule has 1 atom stereocenters. The van der Waals surface area contributed by atoms with Gasteiger partial charge in [-0.05, 0) is 59.1 Å². The summed E-state index contributed by atoms with van der Waals surface area (Å²) < 4.78 is 0. The van der Waals surface area contributed by atoms with Gasteiger partial charge in [-0.15, -0.1) is 0 Å². The minimum Gasteiger partial charge on any atom is -0.0984 e. The zero-order valence-corrected chi connectivity index (χ0v) is 12.9. The van der Waals surface area contributed by atoms with Crippen molar-refractivity contribution >= 4 is 0 Å². The number of hydrogen-bond donors (Lipinski definition) is 0. The fraction of sp³-hybridized carbons (Fsp3) is 0.238. The molecule has 0 heterocycles. The van der Waals surface area contributed by atoms with E-state index in [-0.39, 0.29) is 0 Å². The van der Waals surface area contributed by atoms with Gasteiger partial charge in [0.15, 0.2) is 0 Å². The van der Waals surface area contributed by atoms with Crippen molar-refractivity contribution in [2.75, 3.05) is 0 Å². The molecule has 0 bridgehead atoms. The Labute approximate surface area is 128 Å². The molecule has 0 nitrogen and oxygen atoms in total. The van der Waals surface area contributed by atoms with Crippen LogP contribution in [0, 0.1) is 5.92 Å². The summed E-state index contributed by atoms with van der Waals surface area (Å²) in [4.78, 5) is 0. The van der Waals surface area contributed by atoms with Gasteiger partial charge in [0, 0.05) is 0 Å². The van der Waals surface area contributed by atoms with Gasteiger partial charge in [-0.1, -0.05) is 68.2 Å². The molecule has 0 spiro atoms. The van der Waals surface area contributed by atoms with Crippen molar-refractivity contribution in [3.05, 3.63) is 94.7 Å². The highest BCUT2D eigenvalue weighted by atomic mass is 14.3. The lowest BCUT2D eigenvalue weighted by atomic mass is 9.89. The van der Waals surface area contributed by atoms with Crippen molar-refractivity contribution in [3.8, 4) is 0 Å². The minimum atomic E-state index is 0.495. The van der Waals surface area contributed by atoms with E-state index in [1.807, 2.05) is 6.08 Å². The van der Waals surface area contributed by atoms with Gasteiger partial charge >= 0.3 is 0 Å². The van der Waals surface area contributed by atoms with Gasteiger partial charge in [0.1, 0.15) is 0 Å². The molecule has 106 valence electrons. The third-order valence-corrected chi connectivity index (χ3v) is 4.28. The molecule has 0 radical (unpaired) electrons. The second-order valence-electron chi connectivity index (χ2n) is 5.78. The molecule has 3 aliphatic carbocycles. The van der Waals surface area contributed by atoms with Crippen LogP contribution in [-0.4, -0.2) is 0 Å². The average Bonchev–Trinajstić information content (AvgIpc) is 2.63. The smallest absolute Gasteiger partial charge is 0.00698 e. The molecule has 0 heteroatoms. The third-order valence-electron chi connectivity index (χ3n) is 4.28. The fourth-order valence-corrected chi connectivity index (χ4v) is 3.37. The Morgan fingerprint density at radius 1 is 1.29 bits per heavy atom. The molecular formula is C21H22. The quantitative estimate of drug-likeness (QED) is 0.600. The summed E-state index contributed by atoms with van der Waals surface area (Å²) in [6.45, 7) is 8.38. The third kappa shape index (κ3) is 2.35. The first-order chi connectivity index (χ1) is 10.3. The van der Waals surface area contributed by atoms with E-state index in [1.165, 1.54) is 33.4 Å². The van der Waals surface area contributed by atoms with Crippen LogP contribution in [0.4, 0.5) is 0 Å². The molecule has 21 heavy (non-hydrogen) atoms. The van der Waals surface area contributed by atoms with Gasteiger partial charge in [-0.3, -0.25) is 0 Å². The molecule has 1 unspecified atom stereocenters. The summed E-state index contributed by atoms with van der Waals surface area (Å²) in [5, 5.41) is 0. The van der Waals surface area contributed by atoms with Crippen LogP contribution in [0.25, 0.3) is 0 Å². The summed E-state index contributed by atoms with van der Waals surface area (Å²) >= 11 is 0. The van der Waals surface area contributed by atoms with Gasteiger partial charge in [0.25, 0.3) is 0 Å². The topological polar surface area (TPSA) is 0 Å². The number of rotatable bonds is 2. The Balaban J connectivity index is 2.30. The Bertz CT molecular complexity index is 682. The zero-order chi connectivity index (χ0) is 14.8. The fourth-order valence-electron chi connectivity index (χ4n) is 3.37. The van der Waals surface area contributed by atoms with Crippen molar-refractivity contribution in [3.63, 3.8) is 0 Å². The summed E-state index contributed by atoms with van der Waals surface area (Å²) in [5.74, 6) is 0.495. The molecule has 0 aliphatic heterocycles. The first-order valence-corrected chi connectivity index (χ1v) is 7.77. The lowest BCUT2D eigenvalue weighted by Gasteiger charge is -2.15. The lowest BCUT2D eigenvalue weighted by molar-refractivity contribution is 0.898. The predicted molar refractivity (Wildman–Crippen MR) is 91.9 cm³/mol. The van der Waals surface area contributed by atoms with Crippen molar-refractivity contribution in [2.24, 2.45) is 5.92 Å². The molecule has 0 aromatic heterocycles. The second kappa shape index (κ2) is 5.73. The normalized spacial score (nSPS) is 28.6.